The van der Waals surface area contributed by atoms with Crippen molar-refractivity contribution in [3.63, 3.8) is 0 Å². The van der Waals surface area contributed by atoms with Crippen molar-refractivity contribution in [1.29, 1.82) is 0 Å². The Morgan fingerprint density at radius 2 is 0.789 bits per heavy atom. The molecule has 0 saturated heterocycles. The molecule has 0 amide bonds. The summed E-state index contributed by atoms with van der Waals surface area (Å²) in [7, 11) is 0. The summed E-state index contributed by atoms with van der Waals surface area (Å²) >= 11 is 36.1. The molecule has 6 heteroatoms. The van der Waals surface area contributed by atoms with Crippen LogP contribution in [0.1, 0.15) is 11.1 Å². The van der Waals surface area contributed by atoms with Gasteiger partial charge in [0.1, 0.15) is 0 Å². The average Bonchev–Trinajstić information content (AvgIpc) is 2.25. The fourth-order valence-corrected chi connectivity index (χ4v) is 3.38. The fourth-order valence-electron chi connectivity index (χ4n) is 1.53. The lowest BCUT2D eigenvalue weighted by molar-refractivity contribution is 1.43. The van der Waals surface area contributed by atoms with Gasteiger partial charge in [-0.2, -0.15) is 0 Å². The van der Waals surface area contributed by atoms with Crippen molar-refractivity contribution in [2.45, 2.75) is 0 Å². The van der Waals surface area contributed by atoms with Crippen LogP contribution in [-0.2, 0) is 0 Å². The van der Waals surface area contributed by atoms with Crippen molar-refractivity contribution in [3.8, 4) is 0 Å². The Balaban J connectivity index is 2.48. The minimum atomic E-state index is 0.416. The Labute approximate surface area is 141 Å². The van der Waals surface area contributed by atoms with Crippen LogP contribution in [0.15, 0.2) is 24.3 Å². The summed E-state index contributed by atoms with van der Waals surface area (Å²) in [4.78, 5) is 0. The normalized spacial score (nSPS) is 10.8. The van der Waals surface area contributed by atoms with Gasteiger partial charge in [-0.05, 0) is 35.4 Å². The Bertz CT molecular complexity index is 534. The van der Waals surface area contributed by atoms with Crippen molar-refractivity contribution < 1.29 is 0 Å². The highest BCUT2D eigenvalue weighted by Crippen LogP contribution is 2.37. The second-order valence-electron chi connectivity index (χ2n) is 3.71. The molecule has 0 fully saturated rings. The molecule has 0 saturated carbocycles. The molecule has 19 heavy (non-hydrogen) atoms. The van der Waals surface area contributed by atoms with Crippen LogP contribution in [-0.4, -0.2) is 0 Å². The van der Waals surface area contributed by atoms with E-state index in [0.29, 0.717) is 41.3 Å². The molecule has 0 atom stereocenters. The van der Waals surface area contributed by atoms with E-state index < -0.39 is 0 Å². The first-order valence-corrected chi connectivity index (χ1v) is 7.29. The molecule has 0 aliphatic carbocycles. The summed E-state index contributed by atoms with van der Waals surface area (Å²) in [5.41, 5.74) is 1.19. The van der Waals surface area contributed by atoms with Gasteiger partial charge in [-0.25, -0.2) is 0 Å². The quantitative estimate of drug-likeness (QED) is 0.521. The van der Waals surface area contributed by atoms with Gasteiger partial charge in [0.15, 0.2) is 0 Å². The SMILES string of the molecule is Clc1cc(Cl)c([CH]c2c(Cl)cc(Cl)cc2Cl)c(Cl)c1. The number of halogens is 6. The molecule has 0 nitrogen and oxygen atoms in total. The summed E-state index contributed by atoms with van der Waals surface area (Å²) in [6.07, 6.45) is 1.70. The molecule has 0 spiro atoms. The summed E-state index contributed by atoms with van der Waals surface area (Å²) < 4.78 is 0. The zero-order chi connectivity index (χ0) is 14.2. The lowest BCUT2D eigenvalue weighted by Gasteiger charge is -2.11. The molecule has 0 aromatic heterocycles. The van der Waals surface area contributed by atoms with Crippen molar-refractivity contribution >= 4 is 69.6 Å². The van der Waals surface area contributed by atoms with Gasteiger partial charge in [0.05, 0.1) is 0 Å². The second kappa shape index (κ2) is 6.30. The maximum atomic E-state index is 6.11. The molecular weight excluding hydrogens is 369 g/mol. The van der Waals surface area contributed by atoms with Crippen LogP contribution in [0.2, 0.25) is 30.1 Å². The highest BCUT2D eigenvalue weighted by atomic mass is 35.5. The molecule has 0 aliphatic heterocycles. The van der Waals surface area contributed by atoms with Crippen LogP contribution >= 0.6 is 69.6 Å². The first-order valence-electron chi connectivity index (χ1n) is 5.02. The van der Waals surface area contributed by atoms with E-state index in [4.69, 9.17) is 69.6 Å². The fraction of sp³-hybridized carbons (Fsp3) is 0. The monoisotopic (exact) mass is 371 g/mol. The number of benzene rings is 2. The van der Waals surface area contributed by atoms with E-state index in [2.05, 4.69) is 0 Å². The second-order valence-corrected chi connectivity index (χ2v) is 6.21. The van der Waals surface area contributed by atoms with Gasteiger partial charge in [-0.3, -0.25) is 0 Å². The zero-order valence-electron chi connectivity index (χ0n) is 9.15. The number of hydrogen-bond donors (Lipinski definition) is 0. The molecule has 2 aromatic rings. The molecule has 99 valence electrons. The molecule has 0 bridgehead atoms. The van der Waals surface area contributed by atoms with E-state index in [-0.39, 0.29) is 0 Å². The molecule has 2 aromatic carbocycles. The minimum Gasteiger partial charge on any atom is -0.0842 e. The van der Waals surface area contributed by atoms with Crippen LogP contribution in [0.5, 0.6) is 0 Å². The minimum absolute atomic E-state index is 0.416. The van der Waals surface area contributed by atoms with Crippen LogP contribution in [0.3, 0.4) is 0 Å². The van der Waals surface area contributed by atoms with Gasteiger partial charge < -0.3 is 0 Å². The van der Waals surface area contributed by atoms with Crippen molar-refractivity contribution in [3.05, 3.63) is 71.9 Å². The molecule has 0 N–H and O–H groups in total. The van der Waals surface area contributed by atoms with E-state index in [1.165, 1.54) is 0 Å². The Morgan fingerprint density at radius 1 is 0.526 bits per heavy atom. The average molecular weight is 374 g/mol. The smallest absolute Gasteiger partial charge is 0.0474 e. The van der Waals surface area contributed by atoms with Gasteiger partial charge in [-0.1, -0.05) is 69.6 Å². The van der Waals surface area contributed by atoms with Gasteiger partial charge in [0.2, 0.25) is 0 Å². The molecule has 2 rings (SSSR count). The van der Waals surface area contributed by atoms with Crippen molar-refractivity contribution in [2.75, 3.05) is 0 Å². The molecule has 0 aliphatic rings. The third-order valence-electron chi connectivity index (χ3n) is 2.38. The zero-order valence-corrected chi connectivity index (χ0v) is 13.7. The van der Waals surface area contributed by atoms with Gasteiger partial charge in [-0.15, -0.1) is 0 Å². The summed E-state index contributed by atoms with van der Waals surface area (Å²) in [5, 5.41) is 2.58. The van der Waals surface area contributed by atoms with Crippen LogP contribution in [0.25, 0.3) is 0 Å². The Kier molecular flexibility index (Phi) is 5.16. The molecule has 0 unspecified atom stereocenters. The summed E-state index contributed by atoms with van der Waals surface area (Å²) in [5.74, 6) is 0. The van der Waals surface area contributed by atoms with Crippen molar-refractivity contribution in [1.82, 2.24) is 0 Å². The lowest BCUT2D eigenvalue weighted by atomic mass is 10.0. The first-order chi connectivity index (χ1) is 8.88. The van der Waals surface area contributed by atoms with Crippen LogP contribution < -0.4 is 0 Å². The van der Waals surface area contributed by atoms with Crippen LogP contribution in [0, 0.1) is 6.42 Å². The first kappa shape index (κ1) is 15.6. The summed E-state index contributed by atoms with van der Waals surface area (Å²) in [6, 6.07) is 6.38. The predicted octanol–water partition coefficient (Wildman–Crippen LogP) is 7.21. The van der Waals surface area contributed by atoms with E-state index in [1.54, 1.807) is 30.7 Å². The van der Waals surface area contributed by atoms with E-state index in [0.717, 1.165) is 0 Å². The summed E-state index contributed by atoms with van der Waals surface area (Å²) in [6.45, 7) is 0. The van der Waals surface area contributed by atoms with Crippen LogP contribution in [0.4, 0.5) is 0 Å². The number of hydrogen-bond acceptors (Lipinski definition) is 0. The predicted molar refractivity (Wildman–Crippen MR) is 85.4 cm³/mol. The maximum Gasteiger partial charge on any atom is 0.0474 e. The van der Waals surface area contributed by atoms with E-state index in [9.17, 15) is 0 Å². The number of rotatable bonds is 2. The van der Waals surface area contributed by atoms with E-state index in [1.807, 2.05) is 0 Å². The standard InChI is InChI=1S/C13H5Cl6/c14-6-1-10(16)8(11(17)2-6)5-9-12(18)3-7(15)4-13(9)19/h1-5H. The highest BCUT2D eigenvalue weighted by molar-refractivity contribution is 6.41. The third kappa shape index (κ3) is 3.64. The maximum absolute atomic E-state index is 6.11. The highest BCUT2D eigenvalue weighted by Gasteiger charge is 2.14. The van der Waals surface area contributed by atoms with Gasteiger partial charge in [0.25, 0.3) is 0 Å². The molecular formula is C13H5Cl6. The van der Waals surface area contributed by atoms with E-state index >= 15 is 0 Å². The Hall–Kier alpha value is 0.180. The van der Waals surface area contributed by atoms with Crippen molar-refractivity contribution in [2.24, 2.45) is 0 Å². The molecule has 1 radical (unpaired) electrons. The topological polar surface area (TPSA) is 0 Å². The molecule has 0 heterocycles. The largest absolute Gasteiger partial charge is 0.0842 e. The van der Waals surface area contributed by atoms with Gasteiger partial charge >= 0.3 is 0 Å². The lowest BCUT2D eigenvalue weighted by Crippen LogP contribution is -1.91. The van der Waals surface area contributed by atoms with Gasteiger partial charge in [0, 0.05) is 36.6 Å². The Morgan fingerprint density at radius 3 is 1.05 bits per heavy atom. The third-order valence-corrected chi connectivity index (χ3v) is 4.06.